The minimum absolute atomic E-state index is 0. The van der Waals surface area contributed by atoms with E-state index in [1.165, 1.54) is 48.2 Å². The topological polar surface area (TPSA) is 3.01 Å². The summed E-state index contributed by atoms with van der Waals surface area (Å²) in [7, 11) is 2.16. The van der Waals surface area contributed by atoms with Crippen LogP contribution in [-0.2, 0) is 5.41 Å². The Labute approximate surface area is 145 Å². The normalized spacial score (nSPS) is 19.7. The number of rotatable bonds is 2. The van der Waals surface area contributed by atoms with E-state index in [4.69, 9.17) is 0 Å². The quantitative estimate of drug-likeness (QED) is 0.533. The van der Waals surface area contributed by atoms with Crippen molar-refractivity contribution in [1.82, 2.24) is 0 Å². The number of allylic oxidation sites excluding steroid dienone is 3. The van der Waals surface area contributed by atoms with Crippen molar-refractivity contribution in [3.05, 3.63) is 48.1 Å². The van der Waals surface area contributed by atoms with Gasteiger partial charge >= 0.3 is 0 Å². The summed E-state index contributed by atoms with van der Waals surface area (Å²) in [5.41, 5.74) is 7.16. The summed E-state index contributed by atoms with van der Waals surface area (Å²) in [6, 6.07) is 6.74. The Kier molecular flexibility index (Phi) is 4.76. The van der Waals surface area contributed by atoms with E-state index in [1.807, 2.05) is 6.08 Å². The van der Waals surface area contributed by atoms with Crippen LogP contribution in [0.4, 0.5) is 5.69 Å². The Morgan fingerprint density at radius 3 is 2.62 bits per heavy atom. The molecule has 1 aromatic carbocycles. The van der Waals surface area contributed by atoms with Crippen LogP contribution in [0.1, 0.15) is 50.7 Å². The van der Waals surface area contributed by atoms with Crippen molar-refractivity contribution in [2.45, 2.75) is 44.9 Å². The smallest absolute Gasteiger partial charge is 0.210 e. The lowest BCUT2D eigenvalue weighted by Crippen LogP contribution is -3.00. The Morgan fingerprint density at radius 1 is 1.24 bits per heavy atom. The molecule has 1 aliphatic heterocycles. The third-order valence-corrected chi connectivity index (χ3v) is 4.86. The van der Waals surface area contributed by atoms with Crippen molar-refractivity contribution in [2.24, 2.45) is 0 Å². The van der Waals surface area contributed by atoms with Crippen molar-refractivity contribution < 1.29 is 28.6 Å². The van der Waals surface area contributed by atoms with Crippen LogP contribution in [0.25, 0.3) is 5.57 Å². The lowest BCUT2D eigenvalue weighted by Gasteiger charge is -2.22. The van der Waals surface area contributed by atoms with Crippen molar-refractivity contribution in [3.8, 4) is 0 Å². The van der Waals surface area contributed by atoms with Crippen LogP contribution >= 0.6 is 0 Å². The predicted molar refractivity (Wildman–Crippen MR) is 87.0 cm³/mol. The van der Waals surface area contributed by atoms with E-state index < -0.39 is 0 Å². The highest BCUT2D eigenvalue weighted by molar-refractivity contribution is 6.04. The van der Waals surface area contributed by atoms with E-state index in [9.17, 15) is 0 Å². The monoisotopic (exact) mass is 393 g/mol. The summed E-state index contributed by atoms with van der Waals surface area (Å²) in [4.78, 5) is 0. The molecule has 2 heteroatoms. The number of benzene rings is 1. The van der Waals surface area contributed by atoms with Gasteiger partial charge in [0, 0.05) is 11.6 Å². The summed E-state index contributed by atoms with van der Waals surface area (Å²) in [5, 5.41) is 0. The molecule has 1 heterocycles. The molecule has 112 valence electrons. The van der Waals surface area contributed by atoms with Gasteiger partial charge in [0.1, 0.15) is 7.05 Å². The van der Waals surface area contributed by atoms with Crippen LogP contribution in [0.2, 0.25) is 0 Å². The van der Waals surface area contributed by atoms with Gasteiger partial charge in [0.05, 0.1) is 5.41 Å². The number of hydrogen-bond donors (Lipinski definition) is 0. The first-order valence-electron chi connectivity index (χ1n) is 7.64. The Bertz CT molecular complexity index is 635. The zero-order valence-electron chi connectivity index (χ0n) is 13.2. The second-order valence-electron chi connectivity index (χ2n) is 6.45. The van der Waals surface area contributed by atoms with Crippen LogP contribution in [-0.4, -0.2) is 17.3 Å². The van der Waals surface area contributed by atoms with Gasteiger partial charge in [0.25, 0.3) is 0 Å². The first kappa shape index (κ1) is 16.5. The standard InChI is InChI=1S/C19H24N.HI/c1-5-17-19(2,3)18-15(14-10-7-6-8-11-14)12-9-13-16(18)20(17)4;/h5,9-10,12-13H,1,6-8,11H2,2-4H3;1H/q+1;/p-1. The number of fused-ring (bicyclic) bond motifs is 1. The molecule has 1 nitrogen and oxygen atoms in total. The van der Waals surface area contributed by atoms with Gasteiger partial charge in [0.15, 0.2) is 5.71 Å². The average molecular weight is 393 g/mol. The minimum Gasteiger partial charge on any atom is -1.00 e. The molecule has 0 spiro atoms. The molecule has 0 N–H and O–H groups in total. The second kappa shape index (κ2) is 6.07. The molecule has 0 bridgehead atoms. The minimum atomic E-state index is 0. The molecule has 2 aliphatic rings. The molecule has 0 saturated heterocycles. The third-order valence-electron chi connectivity index (χ3n) is 4.86. The van der Waals surface area contributed by atoms with Gasteiger partial charge < -0.3 is 24.0 Å². The van der Waals surface area contributed by atoms with Gasteiger partial charge in [-0.3, -0.25) is 0 Å². The van der Waals surface area contributed by atoms with Gasteiger partial charge in [-0.1, -0.05) is 24.8 Å². The fourth-order valence-electron chi connectivity index (χ4n) is 3.90. The van der Waals surface area contributed by atoms with Gasteiger partial charge in [0.2, 0.25) is 5.69 Å². The summed E-state index contributed by atoms with van der Waals surface area (Å²) in [6.07, 6.45) is 9.57. The van der Waals surface area contributed by atoms with Crippen LogP contribution in [0.15, 0.2) is 36.9 Å². The third kappa shape index (κ3) is 2.52. The maximum Gasteiger partial charge on any atom is 0.210 e. The molecule has 0 amide bonds. The molecule has 3 rings (SSSR count). The molecule has 0 atom stereocenters. The highest BCUT2D eigenvalue weighted by Crippen LogP contribution is 2.44. The number of nitrogens with zero attached hydrogens (tertiary/aromatic N) is 1. The zero-order valence-corrected chi connectivity index (χ0v) is 15.4. The molecular weight excluding hydrogens is 369 g/mol. The van der Waals surface area contributed by atoms with Crippen molar-refractivity contribution in [2.75, 3.05) is 7.05 Å². The van der Waals surface area contributed by atoms with Gasteiger partial charge in [-0.2, -0.15) is 4.58 Å². The zero-order chi connectivity index (χ0) is 14.3. The van der Waals surface area contributed by atoms with E-state index in [0.717, 1.165) is 0 Å². The van der Waals surface area contributed by atoms with Crippen molar-refractivity contribution >= 4 is 17.0 Å². The fraction of sp³-hybridized carbons (Fsp3) is 0.421. The van der Waals surface area contributed by atoms with Gasteiger partial charge in [-0.25, -0.2) is 0 Å². The highest BCUT2D eigenvalue weighted by atomic mass is 127. The summed E-state index contributed by atoms with van der Waals surface area (Å²) < 4.78 is 2.30. The first-order valence-corrected chi connectivity index (χ1v) is 7.64. The van der Waals surface area contributed by atoms with Crippen molar-refractivity contribution in [1.29, 1.82) is 0 Å². The fourth-order valence-corrected chi connectivity index (χ4v) is 3.90. The van der Waals surface area contributed by atoms with Crippen LogP contribution in [0, 0.1) is 0 Å². The molecule has 0 aromatic heterocycles. The molecule has 0 saturated carbocycles. The summed E-state index contributed by atoms with van der Waals surface area (Å²) in [5.74, 6) is 0. The van der Waals surface area contributed by atoms with Gasteiger partial charge in [-0.05, 0) is 56.7 Å². The lowest BCUT2D eigenvalue weighted by atomic mass is 9.76. The Hall–Kier alpha value is -0.900. The molecule has 0 unspecified atom stereocenters. The van der Waals surface area contributed by atoms with E-state index in [0.29, 0.717) is 0 Å². The molecular formula is C19H24IN. The molecule has 21 heavy (non-hydrogen) atoms. The Morgan fingerprint density at radius 2 is 2.00 bits per heavy atom. The molecule has 0 radical (unpaired) electrons. The lowest BCUT2D eigenvalue weighted by molar-refractivity contribution is -0.401. The largest absolute Gasteiger partial charge is 1.00 e. The van der Waals surface area contributed by atoms with Crippen LogP contribution < -0.4 is 24.0 Å². The number of hydrogen-bond acceptors (Lipinski definition) is 0. The molecule has 1 aliphatic carbocycles. The van der Waals surface area contributed by atoms with E-state index >= 15 is 0 Å². The predicted octanol–water partition coefficient (Wildman–Crippen LogP) is 1.84. The number of halogens is 1. The summed E-state index contributed by atoms with van der Waals surface area (Å²) >= 11 is 0. The summed E-state index contributed by atoms with van der Waals surface area (Å²) in [6.45, 7) is 8.66. The van der Waals surface area contributed by atoms with E-state index in [-0.39, 0.29) is 29.4 Å². The van der Waals surface area contributed by atoms with E-state index in [2.05, 4.69) is 56.3 Å². The highest BCUT2D eigenvalue weighted by Gasteiger charge is 2.44. The molecule has 1 aromatic rings. The SMILES string of the molecule is C=CC1=[N+](C)c2cccc(C3=CCCCC3)c2C1(C)C.[I-]. The maximum absolute atomic E-state index is 4.02. The van der Waals surface area contributed by atoms with Crippen LogP contribution in [0.5, 0.6) is 0 Å². The maximum atomic E-state index is 4.02. The van der Waals surface area contributed by atoms with Crippen LogP contribution in [0.3, 0.4) is 0 Å². The Balaban J connectivity index is 0.00000161. The average Bonchev–Trinajstić information content (AvgIpc) is 2.67. The van der Waals surface area contributed by atoms with Gasteiger partial charge in [-0.15, -0.1) is 0 Å². The van der Waals surface area contributed by atoms with E-state index in [1.54, 1.807) is 5.57 Å². The first-order chi connectivity index (χ1) is 9.57. The van der Waals surface area contributed by atoms with Crippen molar-refractivity contribution in [3.63, 3.8) is 0 Å². The molecule has 0 fully saturated rings. The second-order valence-corrected chi connectivity index (χ2v) is 6.45.